The molecule has 1 fully saturated rings. The summed E-state index contributed by atoms with van der Waals surface area (Å²) in [4.78, 5) is 2.27. The number of nitrogens with zero attached hydrogens (tertiary/aromatic N) is 1. The van der Waals surface area contributed by atoms with E-state index in [-0.39, 0.29) is 11.8 Å². The van der Waals surface area contributed by atoms with Crippen LogP contribution in [0.2, 0.25) is 0 Å². The van der Waals surface area contributed by atoms with Gasteiger partial charge in [0.2, 0.25) is 0 Å². The summed E-state index contributed by atoms with van der Waals surface area (Å²) >= 11 is 0. The Kier molecular flexibility index (Phi) is 5.92. The summed E-state index contributed by atoms with van der Waals surface area (Å²) in [6, 6.07) is 4.06. The molecule has 130 valence electrons. The van der Waals surface area contributed by atoms with E-state index in [0.717, 1.165) is 38.7 Å². The number of rotatable bonds is 5. The van der Waals surface area contributed by atoms with Gasteiger partial charge < -0.3 is 10.1 Å². The van der Waals surface area contributed by atoms with Crippen LogP contribution in [0.4, 0.5) is 13.2 Å². The average molecular weight is 330 g/mol. The minimum absolute atomic E-state index is 0.0201. The van der Waals surface area contributed by atoms with E-state index in [1.165, 1.54) is 13.2 Å². The van der Waals surface area contributed by atoms with Crippen LogP contribution in [-0.4, -0.2) is 38.2 Å². The van der Waals surface area contributed by atoms with Gasteiger partial charge in [-0.1, -0.05) is 13.8 Å². The highest BCUT2D eigenvalue weighted by molar-refractivity contribution is 5.37. The number of piperazine rings is 1. The summed E-state index contributed by atoms with van der Waals surface area (Å²) in [6.45, 7) is 7.61. The number of ether oxygens (including phenoxy) is 1. The van der Waals surface area contributed by atoms with Gasteiger partial charge in [0.1, 0.15) is 5.75 Å². The number of halogens is 3. The van der Waals surface area contributed by atoms with Crippen molar-refractivity contribution in [1.29, 1.82) is 0 Å². The second-order valence-corrected chi connectivity index (χ2v) is 6.42. The van der Waals surface area contributed by atoms with Crippen molar-refractivity contribution in [3.63, 3.8) is 0 Å². The molecule has 6 heteroatoms. The lowest BCUT2D eigenvalue weighted by atomic mass is 9.93. The molecule has 0 unspecified atom stereocenters. The lowest BCUT2D eigenvalue weighted by Crippen LogP contribution is -2.45. The number of alkyl halides is 3. The van der Waals surface area contributed by atoms with E-state index in [0.29, 0.717) is 11.5 Å². The fourth-order valence-corrected chi connectivity index (χ4v) is 3.03. The first kappa shape index (κ1) is 18.1. The van der Waals surface area contributed by atoms with Gasteiger partial charge in [-0.3, -0.25) is 4.90 Å². The van der Waals surface area contributed by atoms with Gasteiger partial charge in [0.05, 0.1) is 12.7 Å². The van der Waals surface area contributed by atoms with Crippen LogP contribution in [0.25, 0.3) is 0 Å². The molecule has 1 aliphatic heterocycles. The van der Waals surface area contributed by atoms with Crippen molar-refractivity contribution in [3.8, 4) is 5.75 Å². The Bertz CT molecular complexity index is 511. The summed E-state index contributed by atoms with van der Waals surface area (Å²) in [7, 11) is 1.40. The topological polar surface area (TPSA) is 24.5 Å². The van der Waals surface area contributed by atoms with Crippen molar-refractivity contribution < 1.29 is 17.9 Å². The molecule has 23 heavy (non-hydrogen) atoms. The van der Waals surface area contributed by atoms with Gasteiger partial charge in [-0.05, 0) is 36.1 Å². The standard InChI is InChI=1S/C17H25F3N2O/c1-12(2)8-16(22-6-4-21-5-7-22)13-9-14(17(18,19)20)11-15(10-13)23-3/h9-12,16,21H,4-8H2,1-3H3/t16-/m0/s1. The molecular formula is C17H25F3N2O. The molecule has 0 bridgehead atoms. The predicted octanol–water partition coefficient (Wildman–Crippen LogP) is 3.71. The van der Waals surface area contributed by atoms with Crippen molar-refractivity contribution in [1.82, 2.24) is 10.2 Å². The first-order valence-corrected chi connectivity index (χ1v) is 8.02. The van der Waals surface area contributed by atoms with Gasteiger partial charge in [0.25, 0.3) is 0 Å². The molecule has 1 heterocycles. The van der Waals surface area contributed by atoms with E-state index in [1.807, 2.05) is 0 Å². The Labute approximate surface area is 135 Å². The molecular weight excluding hydrogens is 305 g/mol. The monoisotopic (exact) mass is 330 g/mol. The maximum absolute atomic E-state index is 13.2. The molecule has 3 nitrogen and oxygen atoms in total. The van der Waals surface area contributed by atoms with Crippen molar-refractivity contribution in [2.45, 2.75) is 32.5 Å². The van der Waals surface area contributed by atoms with E-state index in [2.05, 4.69) is 24.1 Å². The minimum atomic E-state index is -4.37. The Morgan fingerprint density at radius 2 is 1.83 bits per heavy atom. The molecule has 1 saturated heterocycles. The molecule has 0 aliphatic carbocycles. The molecule has 0 amide bonds. The molecule has 0 radical (unpaired) electrons. The highest BCUT2D eigenvalue weighted by atomic mass is 19.4. The van der Waals surface area contributed by atoms with Crippen molar-refractivity contribution in [2.75, 3.05) is 33.3 Å². The summed E-state index contributed by atoms with van der Waals surface area (Å²) in [5.41, 5.74) is 0.0445. The molecule has 0 saturated carbocycles. The lowest BCUT2D eigenvalue weighted by Gasteiger charge is -2.36. The van der Waals surface area contributed by atoms with E-state index in [1.54, 1.807) is 6.07 Å². The molecule has 0 spiro atoms. The van der Waals surface area contributed by atoms with Gasteiger partial charge in [0.15, 0.2) is 0 Å². The third kappa shape index (κ3) is 4.85. The van der Waals surface area contributed by atoms with Crippen LogP contribution in [-0.2, 0) is 6.18 Å². The molecule has 1 atom stereocenters. The van der Waals surface area contributed by atoms with Crippen LogP contribution < -0.4 is 10.1 Å². The van der Waals surface area contributed by atoms with E-state index < -0.39 is 11.7 Å². The van der Waals surface area contributed by atoms with Crippen LogP contribution in [0.15, 0.2) is 18.2 Å². The molecule has 1 aromatic carbocycles. The van der Waals surface area contributed by atoms with Crippen molar-refractivity contribution in [3.05, 3.63) is 29.3 Å². The van der Waals surface area contributed by atoms with Crippen LogP contribution in [0, 0.1) is 5.92 Å². The molecule has 1 N–H and O–H groups in total. The minimum Gasteiger partial charge on any atom is -0.497 e. The molecule has 0 aromatic heterocycles. The molecule has 1 aliphatic rings. The zero-order chi connectivity index (χ0) is 17.0. The number of hydrogen-bond donors (Lipinski definition) is 1. The summed E-state index contributed by atoms with van der Waals surface area (Å²) < 4.78 is 44.6. The van der Waals surface area contributed by atoms with Crippen molar-refractivity contribution >= 4 is 0 Å². The zero-order valence-electron chi connectivity index (χ0n) is 13.9. The Morgan fingerprint density at radius 3 is 2.35 bits per heavy atom. The second-order valence-electron chi connectivity index (χ2n) is 6.42. The zero-order valence-corrected chi connectivity index (χ0v) is 13.9. The normalized spacial score (nSPS) is 18.2. The van der Waals surface area contributed by atoms with Gasteiger partial charge >= 0.3 is 6.18 Å². The third-order valence-electron chi connectivity index (χ3n) is 4.16. The number of hydrogen-bond acceptors (Lipinski definition) is 3. The quantitative estimate of drug-likeness (QED) is 0.891. The Morgan fingerprint density at radius 1 is 1.17 bits per heavy atom. The number of methoxy groups -OCH3 is 1. The van der Waals surface area contributed by atoms with E-state index >= 15 is 0 Å². The van der Waals surface area contributed by atoms with E-state index in [9.17, 15) is 13.2 Å². The summed E-state index contributed by atoms with van der Waals surface area (Å²) in [5.74, 6) is 0.661. The smallest absolute Gasteiger partial charge is 0.416 e. The highest BCUT2D eigenvalue weighted by Gasteiger charge is 2.33. The molecule has 1 aromatic rings. The van der Waals surface area contributed by atoms with E-state index in [4.69, 9.17) is 4.74 Å². The summed E-state index contributed by atoms with van der Waals surface area (Å²) in [5, 5.41) is 3.29. The maximum atomic E-state index is 13.2. The largest absolute Gasteiger partial charge is 0.497 e. The van der Waals surface area contributed by atoms with Crippen LogP contribution in [0.1, 0.15) is 37.4 Å². The first-order chi connectivity index (χ1) is 10.8. The fraction of sp³-hybridized carbons (Fsp3) is 0.647. The third-order valence-corrected chi connectivity index (χ3v) is 4.16. The first-order valence-electron chi connectivity index (χ1n) is 8.02. The van der Waals surface area contributed by atoms with Gasteiger partial charge in [-0.15, -0.1) is 0 Å². The lowest BCUT2D eigenvalue weighted by molar-refractivity contribution is -0.137. The van der Waals surface area contributed by atoms with Crippen LogP contribution >= 0.6 is 0 Å². The number of nitrogens with one attached hydrogen (secondary N) is 1. The van der Waals surface area contributed by atoms with Gasteiger partial charge in [-0.2, -0.15) is 13.2 Å². The van der Waals surface area contributed by atoms with Crippen molar-refractivity contribution in [2.24, 2.45) is 5.92 Å². The SMILES string of the molecule is COc1cc([C@H](CC(C)C)N2CCNCC2)cc(C(F)(F)F)c1. The van der Waals surface area contributed by atoms with Crippen LogP contribution in [0.3, 0.4) is 0 Å². The van der Waals surface area contributed by atoms with Crippen LogP contribution in [0.5, 0.6) is 5.75 Å². The summed E-state index contributed by atoms with van der Waals surface area (Å²) in [6.07, 6.45) is -3.54. The number of benzene rings is 1. The maximum Gasteiger partial charge on any atom is 0.416 e. The second kappa shape index (κ2) is 7.53. The predicted molar refractivity (Wildman–Crippen MR) is 84.6 cm³/mol. The fourth-order valence-electron chi connectivity index (χ4n) is 3.03. The Balaban J connectivity index is 2.39. The molecule has 2 rings (SSSR count). The van der Waals surface area contributed by atoms with Gasteiger partial charge in [-0.25, -0.2) is 0 Å². The van der Waals surface area contributed by atoms with Gasteiger partial charge in [0, 0.05) is 32.2 Å². The highest BCUT2D eigenvalue weighted by Crippen LogP contribution is 2.37. The average Bonchev–Trinajstić information content (AvgIpc) is 2.52. The Hall–Kier alpha value is -1.27.